The number of methoxy groups -OCH3 is 1. The molecule has 0 spiro atoms. The van der Waals surface area contributed by atoms with E-state index in [9.17, 15) is 27.6 Å². The monoisotopic (exact) mass is 748 g/mol. The van der Waals surface area contributed by atoms with Crippen LogP contribution in [0.1, 0.15) is 89.7 Å². The highest BCUT2D eigenvalue weighted by molar-refractivity contribution is 7.91. The Morgan fingerprint density at radius 2 is 1.68 bits per heavy atom. The minimum absolute atomic E-state index is 0.000963. The van der Waals surface area contributed by atoms with E-state index < -0.39 is 67.7 Å². The first-order valence-corrected chi connectivity index (χ1v) is 20.6. The van der Waals surface area contributed by atoms with Crippen LogP contribution in [0.4, 0.5) is 4.79 Å². The summed E-state index contributed by atoms with van der Waals surface area (Å²) in [6.45, 7) is 5.70. The highest BCUT2D eigenvalue weighted by Crippen LogP contribution is 2.57. The summed E-state index contributed by atoms with van der Waals surface area (Å²) in [5.41, 5.74) is 0.881. The van der Waals surface area contributed by atoms with Gasteiger partial charge in [-0.1, -0.05) is 69.3 Å². The molecule has 4 fully saturated rings. The van der Waals surface area contributed by atoms with E-state index in [1.165, 1.54) is 10.5 Å². The molecule has 12 nitrogen and oxygen atoms in total. The maximum Gasteiger partial charge on any atom is 0.407 e. The van der Waals surface area contributed by atoms with Crippen LogP contribution in [0.25, 0.3) is 11.1 Å². The minimum atomic E-state index is -3.85. The Kier molecular flexibility index (Phi) is 9.88. The van der Waals surface area contributed by atoms with E-state index in [1.807, 2.05) is 57.2 Å². The van der Waals surface area contributed by atoms with Crippen LogP contribution in [0, 0.1) is 17.3 Å². The third-order valence-electron chi connectivity index (χ3n) is 11.9. The fourth-order valence-corrected chi connectivity index (χ4v) is 9.69. The van der Waals surface area contributed by atoms with Crippen molar-refractivity contribution in [3.8, 4) is 11.1 Å². The van der Waals surface area contributed by atoms with Gasteiger partial charge in [0.15, 0.2) is 0 Å². The van der Waals surface area contributed by atoms with E-state index in [-0.39, 0.29) is 31.4 Å². The fraction of sp³-hybridized carbons (Fsp3) is 0.600. The van der Waals surface area contributed by atoms with Gasteiger partial charge < -0.3 is 25.0 Å². The normalized spacial score (nSPS) is 29.5. The van der Waals surface area contributed by atoms with Gasteiger partial charge in [0.1, 0.15) is 23.2 Å². The quantitative estimate of drug-likeness (QED) is 0.372. The highest BCUT2D eigenvalue weighted by Gasteiger charge is 2.67. The van der Waals surface area contributed by atoms with Gasteiger partial charge in [-0.3, -0.25) is 19.1 Å². The number of nitrogens with zero attached hydrogens (tertiary/aromatic N) is 1. The zero-order valence-corrected chi connectivity index (χ0v) is 31.9. The fourth-order valence-electron chi connectivity index (χ4n) is 8.32. The summed E-state index contributed by atoms with van der Waals surface area (Å²) in [5.74, 6) is -1.75. The van der Waals surface area contributed by atoms with Gasteiger partial charge in [-0.05, 0) is 97.3 Å². The van der Waals surface area contributed by atoms with Crippen molar-refractivity contribution in [3.63, 3.8) is 0 Å². The Balaban J connectivity index is 1.25. The second-order valence-electron chi connectivity index (χ2n) is 16.8. The molecule has 8 rings (SSSR count). The predicted octanol–water partition coefficient (Wildman–Crippen LogP) is 4.56. The molecule has 6 aliphatic rings. The first-order valence-electron chi connectivity index (χ1n) is 19.0. The van der Waals surface area contributed by atoms with Gasteiger partial charge in [-0.2, -0.15) is 0 Å². The first kappa shape index (κ1) is 37.3. The van der Waals surface area contributed by atoms with Crippen molar-refractivity contribution < 1.29 is 37.1 Å². The van der Waals surface area contributed by atoms with E-state index in [2.05, 4.69) is 27.5 Å². The number of amides is 4. The SMILES string of the molecule is CO[C@@]12C[C@@H](C(=O)N[C@]3(C(=O)NS(=O)(=O)C4CC4)C[C@@H]3C3CC3)N(C1)C(=O)[C@H](C(C)(C)C)NC(=O)OCCCCCc1ccccc1-c1ccc2cc1. The Labute approximate surface area is 312 Å². The molecule has 2 aromatic rings. The summed E-state index contributed by atoms with van der Waals surface area (Å²) in [6.07, 6.45) is 5.81. The standard InChI is InChI=1S/C40H52N4O8S/c1-38(2,3)33-35(46)44-24-39(51-4,23-32(44)34(45)42-40(22-31(40)27-13-14-27)36(47)43-53(49,50)29-19-20-29)28-17-15-26(16-18-28)30-12-8-7-11-25(30)10-6-5-9-21-52-37(48)41-33/h7-8,11-12,15-18,27,29,31-33H,5-6,9-10,13-14,19-24H2,1-4H3,(H,41,48)(H,42,45)(H,43,47)/t31-,32+,33-,39+,40-/m1/s1. The molecule has 3 N–H and O–H groups in total. The van der Waals surface area contributed by atoms with Crippen LogP contribution in [0.15, 0.2) is 48.5 Å². The number of benzene rings is 2. The largest absolute Gasteiger partial charge is 0.450 e. The number of carbonyl (C=O) groups excluding carboxylic acids is 4. The summed E-state index contributed by atoms with van der Waals surface area (Å²) in [5, 5.41) is 5.18. The summed E-state index contributed by atoms with van der Waals surface area (Å²) in [4.78, 5) is 57.7. The van der Waals surface area contributed by atoms with Crippen molar-refractivity contribution >= 4 is 33.8 Å². The molecule has 53 heavy (non-hydrogen) atoms. The van der Waals surface area contributed by atoms with Crippen LogP contribution in [0.2, 0.25) is 0 Å². The summed E-state index contributed by atoms with van der Waals surface area (Å²) in [6, 6.07) is 14.2. The van der Waals surface area contributed by atoms with Crippen LogP contribution < -0.4 is 15.4 Å². The van der Waals surface area contributed by atoms with Gasteiger partial charge in [0.2, 0.25) is 21.8 Å². The van der Waals surface area contributed by atoms with Gasteiger partial charge >= 0.3 is 6.09 Å². The molecule has 3 saturated carbocycles. The molecule has 1 saturated heterocycles. The Bertz CT molecular complexity index is 1870. The molecule has 4 bridgehead atoms. The van der Waals surface area contributed by atoms with Crippen molar-refractivity contribution in [1.82, 2.24) is 20.3 Å². The lowest BCUT2D eigenvalue weighted by Gasteiger charge is -2.36. The molecule has 4 amide bonds. The number of alkyl carbamates (subject to hydrolysis) is 1. The summed E-state index contributed by atoms with van der Waals surface area (Å²) >= 11 is 0. The number of fused-ring (bicyclic) bond motifs is 11. The molecule has 5 atom stereocenters. The lowest BCUT2D eigenvalue weighted by Crippen LogP contribution is -2.60. The second kappa shape index (κ2) is 14.0. The number of carbonyl (C=O) groups is 4. The van der Waals surface area contributed by atoms with E-state index in [4.69, 9.17) is 9.47 Å². The van der Waals surface area contributed by atoms with Gasteiger partial charge in [0.25, 0.3) is 5.91 Å². The molecule has 3 aliphatic heterocycles. The highest BCUT2D eigenvalue weighted by atomic mass is 32.2. The van der Waals surface area contributed by atoms with E-state index in [0.29, 0.717) is 25.7 Å². The predicted molar refractivity (Wildman–Crippen MR) is 198 cm³/mol. The minimum Gasteiger partial charge on any atom is -0.450 e. The average Bonchev–Trinajstić information content (AvgIpc) is 4.00. The summed E-state index contributed by atoms with van der Waals surface area (Å²) < 4.78 is 39.8. The molecule has 0 aromatic heterocycles. The molecular weight excluding hydrogens is 697 g/mol. The molecule has 3 aliphatic carbocycles. The number of ether oxygens (including phenoxy) is 2. The van der Waals surface area contributed by atoms with Crippen LogP contribution in [-0.4, -0.2) is 80.3 Å². The zero-order valence-electron chi connectivity index (χ0n) is 31.1. The van der Waals surface area contributed by atoms with E-state index in [0.717, 1.165) is 48.8 Å². The Hall–Kier alpha value is -3.97. The van der Waals surface area contributed by atoms with Crippen molar-refractivity contribution in [2.45, 2.75) is 113 Å². The molecule has 13 heteroatoms. The topological polar surface area (TPSA) is 160 Å². The number of nitrogens with one attached hydrogen (secondary N) is 3. The number of aryl methyl sites for hydroxylation is 1. The van der Waals surface area contributed by atoms with Gasteiger partial charge in [0.05, 0.1) is 18.4 Å². The van der Waals surface area contributed by atoms with Crippen LogP contribution in [0.5, 0.6) is 0 Å². The van der Waals surface area contributed by atoms with E-state index in [1.54, 1.807) is 7.11 Å². The van der Waals surface area contributed by atoms with Crippen molar-refractivity contribution in [2.24, 2.45) is 17.3 Å². The zero-order chi connectivity index (χ0) is 37.8. The third kappa shape index (κ3) is 7.56. The maximum absolute atomic E-state index is 14.7. The van der Waals surface area contributed by atoms with Crippen molar-refractivity contribution in [3.05, 3.63) is 59.7 Å². The van der Waals surface area contributed by atoms with Crippen LogP contribution in [-0.2, 0) is 45.9 Å². The second-order valence-corrected chi connectivity index (χ2v) is 18.8. The van der Waals surface area contributed by atoms with Crippen molar-refractivity contribution in [1.29, 1.82) is 0 Å². The smallest absolute Gasteiger partial charge is 0.407 e. The van der Waals surface area contributed by atoms with Gasteiger partial charge in [0, 0.05) is 13.5 Å². The lowest BCUT2D eigenvalue weighted by molar-refractivity contribution is -0.143. The van der Waals surface area contributed by atoms with Gasteiger partial charge in [-0.25, -0.2) is 13.2 Å². The average molecular weight is 749 g/mol. The van der Waals surface area contributed by atoms with E-state index >= 15 is 0 Å². The molecular formula is C40H52N4O8S. The molecule has 286 valence electrons. The first-order chi connectivity index (χ1) is 25.2. The van der Waals surface area contributed by atoms with Crippen LogP contribution in [0.3, 0.4) is 0 Å². The number of hydrogen-bond donors (Lipinski definition) is 3. The Morgan fingerprint density at radius 1 is 0.962 bits per heavy atom. The Morgan fingerprint density at radius 3 is 2.34 bits per heavy atom. The molecule has 0 unspecified atom stereocenters. The van der Waals surface area contributed by atoms with Crippen molar-refractivity contribution in [2.75, 3.05) is 20.3 Å². The lowest BCUT2D eigenvalue weighted by atomic mass is 9.85. The number of rotatable bonds is 7. The molecule has 0 radical (unpaired) electrons. The maximum atomic E-state index is 14.7. The molecule has 3 heterocycles. The third-order valence-corrected chi connectivity index (χ3v) is 13.7. The van der Waals surface area contributed by atoms with Gasteiger partial charge in [-0.15, -0.1) is 0 Å². The van der Waals surface area contributed by atoms with Crippen LogP contribution >= 0.6 is 0 Å². The number of hydrogen-bond acceptors (Lipinski definition) is 8. The molecule has 2 aromatic carbocycles. The summed E-state index contributed by atoms with van der Waals surface area (Å²) in [7, 11) is -2.30. The number of sulfonamides is 1.